The van der Waals surface area contributed by atoms with Gasteiger partial charge in [0, 0.05) is 38.3 Å². The fourth-order valence-corrected chi connectivity index (χ4v) is 3.75. The monoisotopic (exact) mass is 343 g/mol. The molecule has 1 aliphatic carbocycles. The summed E-state index contributed by atoms with van der Waals surface area (Å²) in [7, 11) is 1.77. The van der Waals surface area contributed by atoms with Crippen LogP contribution >= 0.6 is 0 Å². The second-order valence-electron chi connectivity index (χ2n) is 7.00. The van der Waals surface area contributed by atoms with Crippen LogP contribution in [0, 0.1) is 5.92 Å². The van der Waals surface area contributed by atoms with Crippen molar-refractivity contribution in [3.05, 3.63) is 30.1 Å². The average molecular weight is 343 g/mol. The van der Waals surface area contributed by atoms with Crippen molar-refractivity contribution < 1.29 is 4.79 Å². The summed E-state index contributed by atoms with van der Waals surface area (Å²) in [5, 5.41) is 6.73. The molecule has 1 aliphatic heterocycles. The van der Waals surface area contributed by atoms with Crippen molar-refractivity contribution in [2.75, 3.05) is 20.1 Å². The number of likely N-dealkylation sites (tertiary alicyclic amines) is 1. The van der Waals surface area contributed by atoms with Crippen LogP contribution in [0.15, 0.2) is 29.4 Å². The molecule has 1 saturated heterocycles. The van der Waals surface area contributed by atoms with Crippen molar-refractivity contribution >= 4 is 11.9 Å². The molecule has 0 aromatic carbocycles. The number of nitrogens with zero attached hydrogens (tertiary/aromatic N) is 3. The Kier molecular flexibility index (Phi) is 6.25. The third kappa shape index (κ3) is 4.94. The molecule has 1 saturated carbocycles. The molecule has 1 unspecified atom stereocenters. The lowest BCUT2D eigenvalue weighted by atomic mass is 9.88. The maximum absolute atomic E-state index is 12.7. The zero-order valence-corrected chi connectivity index (χ0v) is 15.1. The maximum atomic E-state index is 12.7. The summed E-state index contributed by atoms with van der Waals surface area (Å²) in [5.74, 6) is 1.39. The lowest BCUT2D eigenvalue weighted by Gasteiger charge is -2.26. The van der Waals surface area contributed by atoms with Gasteiger partial charge in [-0.25, -0.2) is 0 Å². The van der Waals surface area contributed by atoms with Gasteiger partial charge in [-0.15, -0.1) is 0 Å². The van der Waals surface area contributed by atoms with E-state index >= 15 is 0 Å². The number of aliphatic imine (C=N–C) groups is 1. The molecule has 2 fully saturated rings. The largest absolute Gasteiger partial charge is 0.352 e. The molecule has 2 aliphatic rings. The highest BCUT2D eigenvalue weighted by molar-refractivity contribution is 5.81. The summed E-state index contributed by atoms with van der Waals surface area (Å²) < 4.78 is 0. The first kappa shape index (κ1) is 17.7. The summed E-state index contributed by atoms with van der Waals surface area (Å²) >= 11 is 0. The smallest absolute Gasteiger partial charge is 0.225 e. The summed E-state index contributed by atoms with van der Waals surface area (Å²) in [4.78, 5) is 23.3. The quantitative estimate of drug-likeness (QED) is 0.647. The van der Waals surface area contributed by atoms with Crippen LogP contribution in [0.5, 0.6) is 0 Å². The van der Waals surface area contributed by atoms with Crippen LogP contribution in [0.4, 0.5) is 0 Å². The standard InChI is InChI=1S/C19H29N5O/c1-20-19(22-13-16-9-5-6-11-21-16)23-17-10-12-24(14-17)18(25)15-7-3-2-4-8-15/h5-6,9,11,15,17H,2-4,7-8,10,12-14H2,1H3,(H2,20,22,23). The SMILES string of the molecule is CN=C(NCc1ccccn1)NC1CCN(C(=O)C2CCCCC2)C1. The highest BCUT2D eigenvalue weighted by atomic mass is 16.2. The van der Waals surface area contributed by atoms with Crippen molar-refractivity contribution in [1.82, 2.24) is 20.5 Å². The number of nitrogens with one attached hydrogen (secondary N) is 2. The molecule has 6 heteroatoms. The van der Waals surface area contributed by atoms with Gasteiger partial charge in [0.05, 0.1) is 12.2 Å². The van der Waals surface area contributed by atoms with E-state index in [1.54, 1.807) is 13.2 Å². The Morgan fingerprint density at radius 2 is 2.12 bits per heavy atom. The molecule has 136 valence electrons. The average Bonchev–Trinajstić information content (AvgIpc) is 3.14. The predicted octanol–water partition coefficient (Wildman–Crippen LogP) is 1.93. The van der Waals surface area contributed by atoms with Crippen LogP contribution in [-0.2, 0) is 11.3 Å². The van der Waals surface area contributed by atoms with Crippen LogP contribution in [0.3, 0.4) is 0 Å². The van der Waals surface area contributed by atoms with Crippen LogP contribution < -0.4 is 10.6 Å². The first-order valence-corrected chi connectivity index (χ1v) is 9.42. The predicted molar refractivity (Wildman–Crippen MR) is 99.1 cm³/mol. The normalized spacial score (nSPS) is 22.0. The van der Waals surface area contributed by atoms with Crippen molar-refractivity contribution in [2.24, 2.45) is 10.9 Å². The highest BCUT2D eigenvalue weighted by Gasteiger charge is 2.31. The highest BCUT2D eigenvalue weighted by Crippen LogP contribution is 2.26. The van der Waals surface area contributed by atoms with Gasteiger partial charge in [-0.05, 0) is 31.4 Å². The van der Waals surface area contributed by atoms with E-state index in [0.29, 0.717) is 12.5 Å². The third-order valence-corrected chi connectivity index (χ3v) is 5.18. The molecule has 1 atom stereocenters. The van der Waals surface area contributed by atoms with E-state index in [1.165, 1.54) is 19.3 Å². The third-order valence-electron chi connectivity index (χ3n) is 5.18. The molecule has 1 aromatic rings. The van der Waals surface area contributed by atoms with E-state index in [1.807, 2.05) is 23.1 Å². The molecule has 25 heavy (non-hydrogen) atoms. The van der Waals surface area contributed by atoms with Crippen molar-refractivity contribution in [2.45, 2.75) is 51.1 Å². The van der Waals surface area contributed by atoms with Gasteiger partial charge in [0.15, 0.2) is 5.96 Å². The molecule has 0 radical (unpaired) electrons. The van der Waals surface area contributed by atoms with Gasteiger partial charge in [-0.2, -0.15) is 0 Å². The zero-order valence-electron chi connectivity index (χ0n) is 15.1. The molecule has 1 aromatic heterocycles. The minimum Gasteiger partial charge on any atom is -0.352 e. The second-order valence-corrected chi connectivity index (χ2v) is 7.00. The number of pyridine rings is 1. The number of hydrogen-bond donors (Lipinski definition) is 2. The number of hydrogen-bond acceptors (Lipinski definition) is 3. The summed E-state index contributed by atoms with van der Waals surface area (Å²) in [5.41, 5.74) is 0.978. The van der Waals surface area contributed by atoms with Gasteiger partial charge in [-0.1, -0.05) is 25.3 Å². The number of guanidine groups is 1. The molecule has 0 bridgehead atoms. The lowest BCUT2D eigenvalue weighted by Crippen LogP contribution is -2.45. The molecule has 1 amide bonds. The van der Waals surface area contributed by atoms with Gasteiger partial charge >= 0.3 is 0 Å². The summed E-state index contributed by atoms with van der Waals surface area (Å²) in [6.07, 6.45) is 8.60. The number of aromatic nitrogens is 1. The Balaban J connectivity index is 1.45. The van der Waals surface area contributed by atoms with E-state index in [9.17, 15) is 4.79 Å². The summed E-state index contributed by atoms with van der Waals surface area (Å²) in [6.45, 7) is 2.27. The molecule has 3 rings (SSSR count). The number of carbonyl (C=O) groups excluding carboxylic acids is 1. The van der Waals surface area contributed by atoms with Gasteiger partial charge in [0.2, 0.25) is 5.91 Å². The molecule has 2 N–H and O–H groups in total. The minimum atomic E-state index is 0.258. The maximum Gasteiger partial charge on any atom is 0.225 e. The summed E-state index contributed by atoms with van der Waals surface area (Å²) in [6, 6.07) is 6.14. The fraction of sp³-hybridized carbons (Fsp3) is 0.632. The van der Waals surface area contributed by atoms with Crippen molar-refractivity contribution in [3.63, 3.8) is 0 Å². The molecule has 6 nitrogen and oxygen atoms in total. The Bertz CT molecular complexity index is 583. The lowest BCUT2D eigenvalue weighted by molar-refractivity contribution is -0.135. The van der Waals surface area contributed by atoms with Gasteiger partial charge < -0.3 is 15.5 Å². The number of amides is 1. The van der Waals surface area contributed by atoms with Crippen molar-refractivity contribution in [3.8, 4) is 0 Å². The van der Waals surface area contributed by atoms with E-state index in [2.05, 4.69) is 20.6 Å². The van der Waals surface area contributed by atoms with E-state index in [4.69, 9.17) is 0 Å². The van der Waals surface area contributed by atoms with Crippen LogP contribution in [0.2, 0.25) is 0 Å². The van der Waals surface area contributed by atoms with Crippen LogP contribution in [0.1, 0.15) is 44.2 Å². The molecule has 0 spiro atoms. The Morgan fingerprint density at radius 3 is 2.84 bits per heavy atom. The van der Waals surface area contributed by atoms with Gasteiger partial charge in [0.1, 0.15) is 0 Å². The zero-order chi connectivity index (χ0) is 17.5. The molecular weight excluding hydrogens is 314 g/mol. The number of carbonyl (C=O) groups is 1. The van der Waals surface area contributed by atoms with E-state index in [-0.39, 0.29) is 12.0 Å². The van der Waals surface area contributed by atoms with E-state index < -0.39 is 0 Å². The first-order chi connectivity index (χ1) is 12.3. The molecular formula is C19H29N5O. The fourth-order valence-electron chi connectivity index (χ4n) is 3.75. The first-order valence-electron chi connectivity index (χ1n) is 9.42. The topological polar surface area (TPSA) is 69.6 Å². The minimum absolute atomic E-state index is 0.258. The Morgan fingerprint density at radius 1 is 1.28 bits per heavy atom. The van der Waals surface area contributed by atoms with Gasteiger partial charge in [-0.3, -0.25) is 14.8 Å². The Hall–Kier alpha value is -2.11. The molecule has 2 heterocycles. The van der Waals surface area contributed by atoms with Crippen molar-refractivity contribution in [1.29, 1.82) is 0 Å². The van der Waals surface area contributed by atoms with E-state index in [0.717, 1.165) is 44.0 Å². The van der Waals surface area contributed by atoms with Crippen LogP contribution in [-0.4, -0.2) is 47.9 Å². The van der Waals surface area contributed by atoms with Gasteiger partial charge in [0.25, 0.3) is 0 Å². The number of rotatable bonds is 4. The van der Waals surface area contributed by atoms with Crippen LogP contribution in [0.25, 0.3) is 0 Å². The Labute approximate surface area is 150 Å². The second kappa shape index (κ2) is 8.83.